The molecule has 98 valence electrons. The second-order valence-electron chi connectivity index (χ2n) is 5.11. The van der Waals surface area contributed by atoms with E-state index in [9.17, 15) is 0 Å². The van der Waals surface area contributed by atoms with E-state index in [1.54, 1.807) is 6.26 Å². The Morgan fingerprint density at radius 2 is 2.15 bits per heavy atom. The van der Waals surface area contributed by atoms with E-state index in [1.165, 1.54) is 11.1 Å². The first-order chi connectivity index (χ1) is 9.92. The van der Waals surface area contributed by atoms with Crippen LogP contribution in [0.5, 0.6) is 5.75 Å². The summed E-state index contributed by atoms with van der Waals surface area (Å²) in [6.07, 6.45) is 11.9. The lowest BCUT2D eigenvalue weighted by atomic mass is 9.85. The van der Waals surface area contributed by atoms with Gasteiger partial charge in [-0.2, -0.15) is 0 Å². The van der Waals surface area contributed by atoms with Gasteiger partial charge in [-0.15, -0.1) is 0 Å². The Balaban J connectivity index is 1.69. The van der Waals surface area contributed by atoms with Crippen LogP contribution >= 0.6 is 0 Å². The molecule has 0 aromatic heterocycles. The van der Waals surface area contributed by atoms with Crippen molar-refractivity contribution in [2.45, 2.75) is 12.8 Å². The first-order valence-corrected chi connectivity index (χ1v) is 6.85. The van der Waals surface area contributed by atoms with Gasteiger partial charge in [0.25, 0.3) is 0 Å². The third kappa shape index (κ3) is 1.88. The van der Waals surface area contributed by atoms with Gasteiger partial charge < -0.3 is 9.47 Å². The van der Waals surface area contributed by atoms with E-state index < -0.39 is 0 Å². The average Bonchev–Trinajstić information content (AvgIpc) is 2.54. The van der Waals surface area contributed by atoms with Gasteiger partial charge in [-0.25, -0.2) is 0 Å². The summed E-state index contributed by atoms with van der Waals surface area (Å²) in [6.45, 7) is 3.14. The molecule has 0 amide bonds. The summed E-state index contributed by atoms with van der Waals surface area (Å²) >= 11 is 0. The minimum atomic E-state index is 0.117. The molecule has 1 aromatic carbocycles. The number of hydrogen-bond donors (Lipinski definition) is 0. The molecule has 1 unspecified atom stereocenters. The zero-order valence-corrected chi connectivity index (χ0v) is 11.0. The second-order valence-corrected chi connectivity index (χ2v) is 5.11. The van der Waals surface area contributed by atoms with E-state index in [2.05, 4.69) is 30.9 Å². The molecule has 2 aliphatic heterocycles. The number of hydrogen-bond acceptors (Lipinski definition) is 2. The first kappa shape index (κ1) is 11.6. The van der Waals surface area contributed by atoms with E-state index in [-0.39, 0.29) is 5.92 Å². The van der Waals surface area contributed by atoms with Gasteiger partial charge in [0.1, 0.15) is 11.5 Å². The SMILES string of the molecule is [C]1Oc2ccccc2CC1C1=C2OC=CC=C2CC=C1. The van der Waals surface area contributed by atoms with Crippen molar-refractivity contribution >= 4 is 0 Å². The van der Waals surface area contributed by atoms with Crippen LogP contribution in [0, 0.1) is 12.5 Å². The number of ether oxygens (including phenoxy) is 2. The van der Waals surface area contributed by atoms with Gasteiger partial charge in [-0.05, 0) is 36.1 Å². The Morgan fingerprint density at radius 1 is 1.20 bits per heavy atom. The van der Waals surface area contributed by atoms with Gasteiger partial charge in [-0.1, -0.05) is 36.4 Å². The van der Waals surface area contributed by atoms with Crippen molar-refractivity contribution in [2.75, 3.05) is 0 Å². The minimum Gasteiger partial charge on any atom is -0.477 e. The summed E-state index contributed by atoms with van der Waals surface area (Å²) in [5, 5.41) is 0. The summed E-state index contributed by atoms with van der Waals surface area (Å²) in [4.78, 5) is 0. The molecule has 2 heterocycles. The molecule has 4 rings (SSSR count). The molecule has 20 heavy (non-hydrogen) atoms. The Morgan fingerprint density at radius 3 is 3.15 bits per heavy atom. The highest BCUT2D eigenvalue weighted by atomic mass is 16.5. The topological polar surface area (TPSA) is 18.5 Å². The van der Waals surface area contributed by atoms with Crippen LogP contribution in [-0.4, -0.2) is 0 Å². The number of benzene rings is 1. The Bertz CT molecular complexity index is 662. The lowest BCUT2D eigenvalue weighted by molar-refractivity contribution is 0.305. The Kier molecular flexibility index (Phi) is 2.73. The zero-order chi connectivity index (χ0) is 13.4. The molecule has 0 saturated carbocycles. The van der Waals surface area contributed by atoms with Crippen LogP contribution in [0.1, 0.15) is 12.0 Å². The Hall–Kier alpha value is -2.22. The molecule has 2 nitrogen and oxygen atoms in total. The van der Waals surface area contributed by atoms with Crippen molar-refractivity contribution in [1.29, 1.82) is 0 Å². The summed E-state index contributed by atoms with van der Waals surface area (Å²) in [7, 11) is 0. The molecule has 3 aliphatic rings. The summed E-state index contributed by atoms with van der Waals surface area (Å²) in [6, 6.07) is 8.13. The molecule has 2 radical (unpaired) electrons. The van der Waals surface area contributed by atoms with E-state index in [1.807, 2.05) is 24.3 Å². The molecule has 0 bridgehead atoms. The molecule has 0 saturated heterocycles. The maximum Gasteiger partial charge on any atom is 0.204 e. The third-order valence-corrected chi connectivity index (χ3v) is 3.83. The van der Waals surface area contributed by atoms with Crippen molar-refractivity contribution in [2.24, 2.45) is 5.92 Å². The van der Waals surface area contributed by atoms with E-state index in [0.29, 0.717) is 0 Å². The Labute approximate surface area is 118 Å². The maximum absolute atomic E-state index is 5.72. The van der Waals surface area contributed by atoms with Crippen molar-refractivity contribution in [3.63, 3.8) is 0 Å². The predicted octanol–water partition coefficient (Wildman–Crippen LogP) is 3.96. The standard InChI is InChI=1S/C18H14O2/c1-2-9-17-14(5-1)11-15(12-20-17)16-8-3-6-13-7-4-10-19-18(13)16/h1-5,7-10,15H,6,11H2. The predicted molar refractivity (Wildman–Crippen MR) is 76.6 cm³/mol. The molecule has 1 aliphatic carbocycles. The van der Waals surface area contributed by atoms with E-state index in [0.717, 1.165) is 29.9 Å². The van der Waals surface area contributed by atoms with E-state index in [4.69, 9.17) is 9.47 Å². The van der Waals surface area contributed by atoms with Gasteiger partial charge >= 0.3 is 0 Å². The first-order valence-electron chi connectivity index (χ1n) is 6.85. The molecule has 0 spiro atoms. The molecular weight excluding hydrogens is 248 g/mol. The van der Waals surface area contributed by atoms with Crippen LogP contribution in [0.15, 0.2) is 71.7 Å². The fraction of sp³-hybridized carbons (Fsp3) is 0.167. The highest BCUT2D eigenvalue weighted by Crippen LogP contribution is 2.38. The molecule has 1 atom stereocenters. The van der Waals surface area contributed by atoms with Crippen LogP contribution in [0.4, 0.5) is 0 Å². The largest absolute Gasteiger partial charge is 0.477 e. The normalized spacial score (nSPS) is 23.4. The fourth-order valence-electron chi connectivity index (χ4n) is 2.83. The van der Waals surface area contributed by atoms with E-state index >= 15 is 0 Å². The van der Waals surface area contributed by atoms with Crippen molar-refractivity contribution in [1.82, 2.24) is 0 Å². The monoisotopic (exact) mass is 262 g/mol. The molecule has 2 heteroatoms. The fourth-order valence-corrected chi connectivity index (χ4v) is 2.83. The second kappa shape index (κ2) is 4.71. The summed E-state index contributed by atoms with van der Waals surface area (Å²) in [5.41, 5.74) is 3.60. The van der Waals surface area contributed by atoms with Gasteiger partial charge in [0.05, 0.1) is 6.26 Å². The number of fused-ring (bicyclic) bond motifs is 2. The summed E-state index contributed by atoms with van der Waals surface area (Å²) < 4.78 is 11.4. The number of para-hydroxylation sites is 1. The highest BCUT2D eigenvalue weighted by Gasteiger charge is 2.28. The minimum absolute atomic E-state index is 0.117. The molecule has 0 N–H and O–H groups in total. The lowest BCUT2D eigenvalue weighted by Gasteiger charge is -2.28. The summed E-state index contributed by atoms with van der Waals surface area (Å²) in [5.74, 6) is 2.00. The van der Waals surface area contributed by atoms with Crippen LogP contribution in [0.3, 0.4) is 0 Å². The molecular formula is C18H14O2. The zero-order valence-electron chi connectivity index (χ0n) is 11.0. The van der Waals surface area contributed by atoms with Crippen LogP contribution in [-0.2, 0) is 11.2 Å². The van der Waals surface area contributed by atoms with Crippen molar-refractivity contribution in [3.05, 3.63) is 83.9 Å². The lowest BCUT2D eigenvalue weighted by Crippen LogP contribution is -2.20. The number of allylic oxidation sites excluding steroid dienone is 5. The van der Waals surface area contributed by atoms with Crippen LogP contribution in [0.2, 0.25) is 0 Å². The van der Waals surface area contributed by atoms with Gasteiger partial charge in [-0.3, -0.25) is 0 Å². The highest BCUT2D eigenvalue weighted by molar-refractivity contribution is 5.48. The average molecular weight is 262 g/mol. The van der Waals surface area contributed by atoms with Crippen LogP contribution in [0.25, 0.3) is 0 Å². The smallest absolute Gasteiger partial charge is 0.204 e. The van der Waals surface area contributed by atoms with Gasteiger partial charge in [0.2, 0.25) is 6.61 Å². The number of rotatable bonds is 1. The third-order valence-electron chi connectivity index (χ3n) is 3.83. The quantitative estimate of drug-likeness (QED) is 0.762. The van der Waals surface area contributed by atoms with Gasteiger partial charge in [0, 0.05) is 11.5 Å². The molecule has 0 fully saturated rings. The molecule has 1 aromatic rings. The maximum atomic E-state index is 5.72. The van der Waals surface area contributed by atoms with Gasteiger partial charge in [0.15, 0.2) is 0 Å². The van der Waals surface area contributed by atoms with Crippen LogP contribution < -0.4 is 4.74 Å². The van der Waals surface area contributed by atoms with Crippen molar-refractivity contribution < 1.29 is 9.47 Å². The van der Waals surface area contributed by atoms with Crippen molar-refractivity contribution in [3.8, 4) is 5.75 Å².